The number of hydrogen-bond acceptors (Lipinski definition) is 1. The van der Waals surface area contributed by atoms with Gasteiger partial charge in [0.1, 0.15) is 0 Å². The van der Waals surface area contributed by atoms with E-state index in [0.29, 0.717) is 11.1 Å². The molecule has 0 bridgehead atoms. The summed E-state index contributed by atoms with van der Waals surface area (Å²) in [6.45, 7) is 1.09. The standard InChI is InChI=1S/C12H15Cl2N/c13-9-5-6-10(11(14)8-9)12-4-2-1-3-7-15-12/h5-6,8,12,15H,1-4,7H2/t12-/m0/s1. The molecule has 1 fully saturated rings. The first-order valence-corrected chi connectivity index (χ1v) is 6.21. The minimum atomic E-state index is 0.400. The maximum absolute atomic E-state index is 6.19. The Bertz CT molecular complexity index is 330. The van der Waals surface area contributed by atoms with Crippen LogP contribution in [0.3, 0.4) is 0 Å². The molecule has 1 aliphatic heterocycles. The van der Waals surface area contributed by atoms with Crippen LogP contribution in [0.15, 0.2) is 18.2 Å². The van der Waals surface area contributed by atoms with Gasteiger partial charge in [-0.1, -0.05) is 42.1 Å². The Morgan fingerprint density at radius 2 is 2.00 bits per heavy atom. The fourth-order valence-electron chi connectivity index (χ4n) is 2.08. The summed E-state index contributed by atoms with van der Waals surface area (Å²) in [5, 5.41) is 5.02. The van der Waals surface area contributed by atoms with Crippen LogP contribution >= 0.6 is 23.2 Å². The van der Waals surface area contributed by atoms with Gasteiger partial charge in [0.2, 0.25) is 0 Å². The molecule has 0 unspecified atom stereocenters. The molecule has 3 heteroatoms. The number of hydrogen-bond donors (Lipinski definition) is 1. The van der Waals surface area contributed by atoms with Crippen molar-refractivity contribution in [3.05, 3.63) is 33.8 Å². The summed E-state index contributed by atoms with van der Waals surface area (Å²) >= 11 is 12.1. The predicted molar refractivity (Wildman–Crippen MR) is 65.7 cm³/mol. The van der Waals surface area contributed by atoms with E-state index in [-0.39, 0.29) is 0 Å². The molecular formula is C12H15Cl2N. The highest BCUT2D eigenvalue weighted by Gasteiger charge is 2.16. The summed E-state index contributed by atoms with van der Waals surface area (Å²) in [6, 6.07) is 6.17. The van der Waals surface area contributed by atoms with Crippen LogP contribution in [-0.4, -0.2) is 6.54 Å². The van der Waals surface area contributed by atoms with Crippen LogP contribution < -0.4 is 5.32 Å². The highest BCUT2D eigenvalue weighted by atomic mass is 35.5. The van der Waals surface area contributed by atoms with E-state index < -0.39 is 0 Å². The molecule has 1 heterocycles. The third-order valence-corrected chi connectivity index (χ3v) is 3.46. The van der Waals surface area contributed by atoms with Gasteiger partial charge in [-0.3, -0.25) is 0 Å². The van der Waals surface area contributed by atoms with E-state index in [1.807, 2.05) is 18.2 Å². The molecule has 1 nitrogen and oxygen atoms in total. The predicted octanol–water partition coefficient (Wildman–Crippen LogP) is 4.20. The maximum atomic E-state index is 6.19. The topological polar surface area (TPSA) is 12.0 Å². The zero-order valence-corrected chi connectivity index (χ0v) is 10.1. The molecule has 0 radical (unpaired) electrons. The summed E-state index contributed by atoms with van der Waals surface area (Å²) in [4.78, 5) is 0. The molecule has 0 aliphatic carbocycles. The van der Waals surface area contributed by atoms with Crippen molar-refractivity contribution in [2.45, 2.75) is 31.7 Å². The van der Waals surface area contributed by atoms with Crippen molar-refractivity contribution >= 4 is 23.2 Å². The average molecular weight is 244 g/mol. The Morgan fingerprint density at radius 1 is 1.13 bits per heavy atom. The van der Waals surface area contributed by atoms with Gasteiger partial charge in [-0.25, -0.2) is 0 Å². The smallest absolute Gasteiger partial charge is 0.0468 e. The Kier molecular flexibility index (Phi) is 3.90. The highest BCUT2D eigenvalue weighted by molar-refractivity contribution is 6.35. The highest BCUT2D eigenvalue weighted by Crippen LogP contribution is 2.30. The van der Waals surface area contributed by atoms with Gasteiger partial charge in [0, 0.05) is 16.1 Å². The summed E-state index contributed by atoms with van der Waals surface area (Å²) < 4.78 is 0. The first-order chi connectivity index (χ1) is 7.27. The normalized spacial score (nSPS) is 22.4. The molecule has 0 aromatic heterocycles. The van der Waals surface area contributed by atoms with E-state index >= 15 is 0 Å². The van der Waals surface area contributed by atoms with Crippen LogP contribution in [0, 0.1) is 0 Å². The second-order valence-corrected chi connectivity index (χ2v) is 4.87. The van der Waals surface area contributed by atoms with Crippen molar-refractivity contribution < 1.29 is 0 Å². The first kappa shape index (κ1) is 11.3. The Morgan fingerprint density at radius 3 is 2.80 bits per heavy atom. The third kappa shape index (κ3) is 2.87. The van der Waals surface area contributed by atoms with Crippen LogP contribution in [0.1, 0.15) is 37.3 Å². The molecule has 15 heavy (non-hydrogen) atoms. The molecule has 1 atom stereocenters. The lowest BCUT2D eigenvalue weighted by atomic mass is 10.0. The molecule has 2 rings (SSSR count). The van der Waals surface area contributed by atoms with Gasteiger partial charge in [0.05, 0.1) is 0 Å². The molecule has 0 spiro atoms. The third-order valence-electron chi connectivity index (χ3n) is 2.90. The van der Waals surface area contributed by atoms with E-state index in [4.69, 9.17) is 23.2 Å². The lowest BCUT2D eigenvalue weighted by molar-refractivity contribution is 0.535. The minimum absolute atomic E-state index is 0.400. The Hall–Kier alpha value is -0.240. The van der Waals surface area contributed by atoms with E-state index in [1.54, 1.807) is 0 Å². The van der Waals surface area contributed by atoms with Crippen LogP contribution in [-0.2, 0) is 0 Å². The fourth-order valence-corrected chi connectivity index (χ4v) is 2.62. The number of rotatable bonds is 1. The van der Waals surface area contributed by atoms with Crippen LogP contribution in [0.4, 0.5) is 0 Å². The number of benzene rings is 1. The van der Waals surface area contributed by atoms with Crippen LogP contribution in [0.25, 0.3) is 0 Å². The zero-order chi connectivity index (χ0) is 10.7. The second kappa shape index (κ2) is 5.20. The SMILES string of the molecule is Clc1ccc([C@@H]2CCCCCN2)c(Cl)c1. The van der Waals surface area contributed by atoms with Gasteiger partial charge in [-0.15, -0.1) is 0 Å². The summed E-state index contributed by atoms with van der Waals surface area (Å²) in [7, 11) is 0. The van der Waals surface area contributed by atoms with E-state index in [2.05, 4.69) is 5.32 Å². The maximum Gasteiger partial charge on any atom is 0.0468 e. The van der Waals surface area contributed by atoms with Crippen molar-refractivity contribution in [2.75, 3.05) is 6.54 Å². The van der Waals surface area contributed by atoms with E-state index in [0.717, 1.165) is 11.6 Å². The van der Waals surface area contributed by atoms with Gasteiger partial charge in [0.25, 0.3) is 0 Å². The molecule has 1 aromatic carbocycles. The van der Waals surface area contributed by atoms with Gasteiger partial charge < -0.3 is 5.32 Å². The summed E-state index contributed by atoms with van der Waals surface area (Å²) in [5.74, 6) is 0. The monoisotopic (exact) mass is 243 g/mol. The minimum Gasteiger partial charge on any atom is -0.310 e. The zero-order valence-electron chi connectivity index (χ0n) is 8.60. The van der Waals surface area contributed by atoms with Crippen molar-refractivity contribution in [1.82, 2.24) is 5.32 Å². The van der Waals surface area contributed by atoms with Crippen molar-refractivity contribution in [3.63, 3.8) is 0 Å². The largest absolute Gasteiger partial charge is 0.310 e. The van der Waals surface area contributed by atoms with Crippen LogP contribution in [0.2, 0.25) is 10.0 Å². The van der Waals surface area contributed by atoms with Gasteiger partial charge in [-0.2, -0.15) is 0 Å². The Balaban J connectivity index is 2.19. The van der Waals surface area contributed by atoms with E-state index in [9.17, 15) is 0 Å². The fraction of sp³-hybridized carbons (Fsp3) is 0.500. The molecule has 1 saturated heterocycles. The van der Waals surface area contributed by atoms with Crippen molar-refractivity contribution in [1.29, 1.82) is 0 Å². The molecule has 0 amide bonds. The summed E-state index contributed by atoms with van der Waals surface area (Å²) in [5.41, 5.74) is 1.18. The quantitative estimate of drug-likeness (QED) is 0.780. The average Bonchev–Trinajstić information content (AvgIpc) is 2.46. The number of nitrogens with one attached hydrogen (secondary N) is 1. The molecule has 1 aliphatic rings. The molecule has 1 aromatic rings. The summed E-state index contributed by atoms with van der Waals surface area (Å²) in [6.07, 6.45) is 5.02. The van der Waals surface area contributed by atoms with Crippen molar-refractivity contribution in [2.24, 2.45) is 0 Å². The molecule has 82 valence electrons. The van der Waals surface area contributed by atoms with Crippen LogP contribution in [0.5, 0.6) is 0 Å². The molecule has 1 N–H and O–H groups in total. The Labute approximate surface area is 101 Å². The van der Waals surface area contributed by atoms with Gasteiger partial charge >= 0.3 is 0 Å². The second-order valence-electron chi connectivity index (χ2n) is 4.02. The molecular weight excluding hydrogens is 229 g/mol. The number of halogens is 2. The van der Waals surface area contributed by atoms with Crippen molar-refractivity contribution in [3.8, 4) is 0 Å². The van der Waals surface area contributed by atoms with Gasteiger partial charge in [-0.05, 0) is 37.1 Å². The lowest BCUT2D eigenvalue weighted by Crippen LogP contribution is -2.20. The van der Waals surface area contributed by atoms with E-state index in [1.165, 1.54) is 31.2 Å². The molecule has 0 saturated carbocycles. The lowest BCUT2D eigenvalue weighted by Gasteiger charge is -2.17. The first-order valence-electron chi connectivity index (χ1n) is 5.46. The van der Waals surface area contributed by atoms with Gasteiger partial charge in [0.15, 0.2) is 0 Å².